The summed E-state index contributed by atoms with van der Waals surface area (Å²) in [6, 6.07) is 7.05. The molecule has 3 N–H and O–H groups in total. The monoisotopic (exact) mass is 471 g/mol. The fourth-order valence-electron chi connectivity index (χ4n) is 6.19. The van der Waals surface area contributed by atoms with E-state index in [9.17, 15) is 14.4 Å². The summed E-state index contributed by atoms with van der Waals surface area (Å²) in [6.07, 6.45) is 8.14. The van der Waals surface area contributed by atoms with Gasteiger partial charge in [0.1, 0.15) is 5.75 Å². The average molecular weight is 472 g/mol. The van der Waals surface area contributed by atoms with E-state index in [-0.39, 0.29) is 23.8 Å². The number of rotatable bonds is 6. The van der Waals surface area contributed by atoms with E-state index in [2.05, 4.69) is 5.43 Å². The summed E-state index contributed by atoms with van der Waals surface area (Å²) >= 11 is 6.55. The van der Waals surface area contributed by atoms with Gasteiger partial charge in [-0.05, 0) is 80.6 Å². The van der Waals surface area contributed by atoms with Crippen molar-refractivity contribution in [2.75, 3.05) is 6.61 Å². The molecule has 9 heteroatoms. The predicted octanol–water partition coefficient (Wildman–Crippen LogP) is 3.00. The largest absolute Gasteiger partial charge is 0.483 e. The summed E-state index contributed by atoms with van der Waals surface area (Å²) in [4.78, 5) is 37.9. The van der Waals surface area contributed by atoms with E-state index in [1.165, 1.54) is 24.3 Å². The van der Waals surface area contributed by atoms with Crippen molar-refractivity contribution in [2.24, 2.45) is 28.9 Å². The molecule has 0 unspecified atom stereocenters. The van der Waals surface area contributed by atoms with Gasteiger partial charge < -0.3 is 10.5 Å². The first-order valence-corrected chi connectivity index (χ1v) is 12.1. The molecule has 4 saturated carbocycles. The lowest BCUT2D eigenvalue weighted by atomic mass is 9.49. The molecule has 1 aliphatic heterocycles. The first kappa shape index (κ1) is 21.5. The van der Waals surface area contributed by atoms with Crippen LogP contribution in [0, 0.1) is 23.2 Å². The van der Waals surface area contributed by atoms with Crippen LogP contribution >= 0.6 is 24.0 Å². The molecule has 6 rings (SSSR count). The van der Waals surface area contributed by atoms with Crippen LogP contribution < -0.4 is 15.9 Å². The normalized spacial score (nSPS) is 31.9. The SMILES string of the molecule is NC(=O)COc1ccccc1/C=C1/SC(=S)N(NC(=O)C23CC4CC(CC(C4)C2)C3)C1=O. The summed E-state index contributed by atoms with van der Waals surface area (Å²) < 4.78 is 5.74. The lowest BCUT2D eigenvalue weighted by Crippen LogP contribution is -2.57. The number of para-hydroxylation sites is 1. The van der Waals surface area contributed by atoms with Crippen LogP contribution in [0.4, 0.5) is 0 Å². The number of primary amides is 1. The van der Waals surface area contributed by atoms with E-state index in [0.29, 0.717) is 38.3 Å². The molecule has 168 valence electrons. The van der Waals surface area contributed by atoms with Crippen LogP contribution in [0.3, 0.4) is 0 Å². The van der Waals surface area contributed by atoms with Crippen molar-refractivity contribution in [3.63, 3.8) is 0 Å². The zero-order chi connectivity index (χ0) is 22.5. The minimum Gasteiger partial charge on any atom is -0.483 e. The highest BCUT2D eigenvalue weighted by Crippen LogP contribution is 2.60. The van der Waals surface area contributed by atoms with Gasteiger partial charge >= 0.3 is 0 Å². The Morgan fingerprint density at radius 3 is 2.44 bits per heavy atom. The van der Waals surface area contributed by atoms with Crippen LogP contribution in [0.25, 0.3) is 6.08 Å². The van der Waals surface area contributed by atoms with Gasteiger partial charge in [-0.25, -0.2) is 0 Å². The maximum atomic E-state index is 13.4. The molecule has 0 atom stereocenters. The third kappa shape index (κ3) is 3.92. The Labute approximate surface area is 196 Å². The van der Waals surface area contributed by atoms with Gasteiger partial charge in [0.05, 0.1) is 10.3 Å². The molecule has 32 heavy (non-hydrogen) atoms. The predicted molar refractivity (Wildman–Crippen MR) is 125 cm³/mol. The van der Waals surface area contributed by atoms with E-state index >= 15 is 0 Å². The topological polar surface area (TPSA) is 102 Å². The minimum absolute atomic E-state index is 0.0701. The number of hydrazine groups is 1. The average Bonchev–Trinajstić information content (AvgIpc) is 2.99. The Kier molecular flexibility index (Phi) is 5.49. The van der Waals surface area contributed by atoms with Gasteiger partial charge in [0, 0.05) is 5.56 Å². The highest BCUT2D eigenvalue weighted by atomic mass is 32.2. The van der Waals surface area contributed by atoms with Crippen LogP contribution in [-0.2, 0) is 14.4 Å². The van der Waals surface area contributed by atoms with Crippen molar-refractivity contribution in [3.05, 3.63) is 34.7 Å². The van der Waals surface area contributed by atoms with Gasteiger partial charge in [0.2, 0.25) is 5.91 Å². The van der Waals surface area contributed by atoms with E-state index in [1.54, 1.807) is 30.3 Å². The van der Waals surface area contributed by atoms with Gasteiger partial charge in [-0.3, -0.25) is 19.8 Å². The second kappa shape index (κ2) is 8.19. The van der Waals surface area contributed by atoms with Crippen molar-refractivity contribution < 1.29 is 19.1 Å². The molecule has 4 bridgehead atoms. The third-order valence-corrected chi connectivity index (χ3v) is 8.40. The fourth-order valence-corrected chi connectivity index (χ4v) is 7.36. The molecule has 0 radical (unpaired) electrons. The molecule has 1 aromatic rings. The molecule has 5 fully saturated rings. The number of carbonyl (C=O) groups is 3. The van der Waals surface area contributed by atoms with E-state index < -0.39 is 5.91 Å². The number of amides is 3. The summed E-state index contributed by atoms with van der Waals surface area (Å²) in [6.45, 7) is -0.257. The molecule has 1 aromatic carbocycles. The Balaban J connectivity index is 1.32. The summed E-state index contributed by atoms with van der Waals surface area (Å²) in [5.41, 5.74) is 8.28. The Morgan fingerprint density at radius 1 is 1.19 bits per heavy atom. The van der Waals surface area contributed by atoms with Crippen molar-refractivity contribution in [1.29, 1.82) is 0 Å². The molecule has 1 saturated heterocycles. The van der Waals surface area contributed by atoms with Crippen LogP contribution in [0.15, 0.2) is 29.2 Å². The number of carbonyl (C=O) groups excluding carboxylic acids is 3. The number of hydrogen-bond acceptors (Lipinski definition) is 6. The lowest BCUT2D eigenvalue weighted by molar-refractivity contribution is -0.152. The molecule has 4 aliphatic carbocycles. The lowest BCUT2D eigenvalue weighted by Gasteiger charge is -2.55. The molecule has 0 aromatic heterocycles. The Morgan fingerprint density at radius 2 is 1.81 bits per heavy atom. The maximum absolute atomic E-state index is 13.4. The first-order valence-electron chi connectivity index (χ1n) is 10.9. The zero-order valence-electron chi connectivity index (χ0n) is 17.5. The number of nitrogens with two attached hydrogens (primary N) is 1. The molecule has 5 aliphatic rings. The van der Waals surface area contributed by atoms with Crippen molar-refractivity contribution >= 4 is 52.1 Å². The smallest absolute Gasteiger partial charge is 0.285 e. The van der Waals surface area contributed by atoms with E-state index in [1.807, 2.05) is 0 Å². The number of hydrogen-bond donors (Lipinski definition) is 2. The summed E-state index contributed by atoms with van der Waals surface area (Å²) in [5, 5.41) is 1.21. The minimum atomic E-state index is -0.585. The Bertz CT molecular complexity index is 1000. The summed E-state index contributed by atoms with van der Waals surface area (Å²) in [7, 11) is 0. The molecule has 0 spiro atoms. The number of ether oxygens (including phenoxy) is 1. The quantitative estimate of drug-likeness (QED) is 0.489. The summed E-state index contributed by atoms with van der Waals surface area (Å²) in [5.74, 6) is 1.33. The van der Waals surface area contributed by atoms with E-state index in [0.717, 1.165) is 31.0 Å². The van der Waals surface area contributed by atoms with Gasteiger partial charge in [-0.15, -0.1) is 0 Å². The van der Waals surface area contributed by atoms with Gasteiger partial charge in [0.15, 0.2) is 10.9 Å². The van der Waals surface area contributed by atoms with Crippen molar-refractivity contribution in [1.82, 2.24) is 10.4 Å². The van der Waals surface area contributed by atoms with Crippen LogP contribution in [-0.4, -0.2) is 33.7 Å². The molecule has 7 nitrogen and oxygen atoms in total. The van der Waals surface area contributed by atoms with E-state index in [4.69, 9.17) is 22.7 Å². The Hall–Kier alpha value is -2.39. The number of nitrogens with zero attached hydrogens (tertiary/aromatic N) is 1. The highest BCUT2D eigenvalue weighted by molar-refractivity contribution is 8.26. The first-order chi connectivity index (χ1) is 15.3. The highest BCUT2D eigenvalue weighted by Gasteiger charge is 2.55. The number of thiocarbonyl (C=S) groups is 1. The van der Waals surface area contributed by atoms with Gasteiger partial charge in [0.25, 0.3) is 11.8 Å². The van der Waals surface area contributed by atoms with Gasteiger partial charge in [-0.2, -0.15) is 5.01 Å². The standard InChI is InChI=1S/C23H25N3O4S2/c24-19(27)12-30-17-4-2-1-3-16(17)8-18-20(28)26(22(31)32-18)25-21(29)23-9-13-5-14(10-23)7-15(6-13)11-23/h1-4,8,13-15H,5-7,9-12H2,(H2,24,27)(H,25,29)/b18-8+. The zero-order valence-corrected chi connectivity index (χ0v) is 19.2. The number of thioether (sulfide) groups is 1. The third-order valence-electron chi connectivity index (χ3n) is 7.10. The van der Waals surface area contributed by atoms with Crippen molar-refractivity contribution in [3.8, 4) is 5.75 Å². The van der Waals surface area contributed by atoms with Gasteiger partial charge in [-0.1, -0.05) is 30.0 Å². The maximum Gasteiger partial charge on any atom is 0.285 e. The second-order valence-electron chi connectivity index (χ2n) is 9.45. The molecule has 1 heterocycles. The van der Waals surface area contributed by atoms with Crippen LogP contribution in [0.5, 0.6) is 5.75 Å². The molecular formula is C23H25N3O4S2. The number of benzene rings is 1. The van der Waals surface area contributed by atoms with Crippen LogP contribution in [0.2, 0.25) is 0 Å². The second-order valence-corrected chi connectivity index (χ2v) is 11.1. The fraction of sp³-hybridized carbons (Fsp3) is 0.478. The van der Waals surface area contributed by atoms with Crippen LogP contribution in [0.1, 0.15) is 44.1 Å². The molecule has 3 amide bonds. The molecular weight excluding hydrogens is 446 g/mol. The van der Waals surface area contributed by atoms with Crippen molar-refractivity contribution in [2.45, 2.75) is 38.5 Å². The number of nitrogens with one attached hydrogen (secondary N) is 1.